The van der Waals surface area contributed by atoms with E-state index in [4.69, 9.17) is 9.47 Å². The lowest BCUT2D eigenvalue weighted by Gasteiger charge is -2.36. The summed E-state index contributed by atoms with van der Waals surface area (Å²) in [5.74, 6) is -1.36. The fourth-order valence-electron chi connectivity index (χ4n) is 3.44. The number of halogens is 2. The highest BCUT2D eigenvalue weighted by molar-refractivity contribution is 5.93. The lowest BCUT2D eigenvalue weighted by Crippen LogP contribution is -2.48. The van der Waals surface area contributed by atoms with Crippen LogP contribution in [0.4, 0.5) is 14.6 Å². The first kappa shape index (κ1) is 22.6. The van der Waals surface area contributed by atoms with Crippen LogP contribution in [0.25, 0.3) is 0 Å². The molecule has 3 aromatic rings. The van der Waals surface area contributed by atoms with Gasteiger partial charge in [-0.05, 0) is 42.8 Å². The molecule has 33 heavy (non-hydrogen) atoms. The van der Waals surface area contributed by atoms with Crippen molar-refractivity contribution in [2.24, 2.45) is 0 Å². The second-order valence-corrected chi connectivity index (χ2v) is 7.56. The van der Waals surface area contributed by atoms with Crippen molar-refractivity contribution in [1.29, 1.82) is 0 Å². The van der Waals surface area contributed by atoms with Gasteiger partial charge in [-0.15, -0.1) is 0 Å². The van der Waals surface area contributed by atoms with Crippen LogP contribution in [0.3, 0.4) is 0 Å². The van der Waals surface area contributed by atoms with Gasteiger partial charge in [-0.3, -0.25) is 14.5 Å². The summed E-state index contributed by atoms with van der Waals surface area (Å²) >= 11 is 0. The largest absolute Gasteiger partial charge is 0.453 e. The number of rotatable bonds is 6. The third-order valence-corrected chi connectivity index (χ3v) is 5.31. The van der Waals surface area contributed by atoms with E-state index in [0.29, 0.717) is 25.5 Å². The first-order valence-electron chi connectivity index (χ1n) is 10.3. The quantitative estimate of drug-likeness (QED) is 0.591. The van der Waals surface area contributed by atoms with Crippen molar-refractivity contribution in [1.82, 2.24) is 14.9 Å². The summed E-state index contributed by atoms with van der Waals surface area (Å²) in [6.07, 6.45) is 2.70. The fraction of sp³-hybridized carbons (Fsp3) is 0.261. The first-order valence-corrected chi connectivity index (χ1v) is 10.3. The molecule has 0 aliphatic carbocycles. The lowest BCUT2D eigenvalue weighted by atomic mass is 10.1. The number of anilines is 1. The smallest absolute Gasteiger partial charge is 0.247 e. The van der Waals surface area contributed by atoms with Crippen molar-refractivity contribution in [2.45, 2.75) is 19.1 Å². The minimum absolute atomic E-state index is 0.132. The predicted octanol–water partition coefficient (Wildman–Crippen LogP) is 3.24. The number of hydrogen-bond acceptors (Lipinski definition) is 6. The maximum atomic E-state index is 13.7. The monoisotopic (exact) mass is 456 g/mol. The van der Waals surface area contributed by atoms with Crippen LogP contribution in [0.1, 0.15) is 18.6 Å². The van der Waals surface area contributed by atoms with Gasteiger partial charge < -0.3 is 19.8 Å². The summed E-state index contributed by atoms with van der Waals surface area (Å²) in [7, 11) is 0. The molecule has 0 radical (unpaired) electrons. The van der Waals surface area contributed by atoms with Crippen molar-refractivity contribution in [2.75, 3.05) is 25.0 Å². The lowest BCUT2D eigenvalue weighted by molar-refractivity contribution is -0.124. The molecule has 1 aliphatic rings. The molecule has 4 rings (SSSR count). The van der Waals surface area contributed by atoms with Gasteiger partial charge in [0.25, 0.3) is 0 Å². The van der Waals surface area contributed by atoms with Crippen LogP contribution in [0, 0.1) is 11.6 Å². The number of nitrogens with zero attached hydrogens (tertiary/aromatic N) is 2. The molecule has 8 nitrogen and oxygen atoms in total. The molecule has 1 fully saturated rings. The van der Waals surface area contributed by atoms with Crippen molar-refractivity contribution in [3.63, 3.8) is 0 Å². The molecular formula is C23H22F2N4O4. The van der Waals surface area contributed by atoms with Crippen molar-refractivity contribution >= 4 is 11.7 Å². The number of pyridine rings is 2. The van der Waals surface area contributed by atoms with Gasteiger partial charge in [-0.1, -0.05) is 0 Å². The number of nitrogens with one attached hydrogen (secondary N) is 2. The summed E-state index contributed by atoms with van der Waals surface area (Å²) in [4.78, 5) is 32.8. The minimum Gasteiger partial charge on any atom is -0.453 e. The van der Waals surface area contributed by atoms with Crippen LogP contribution in [0.5, 0.6) is 11.5 Å². The molecule has 172 valence electrons. The van der Waals surface area contributed by atoms with E-state index >= 15 is 0 Å². The van der Waals surface area contributed by atoms with E-state index in [-0.39, 0.29) is 29.1 Å². The van der Waals surface area contributed by atoms with E-state index in [0.717, 1.165) is 17.7 Å². The van der Waals surface area contributed by atoms with E-state index in [9.17, 15) is 18.4 Å². The zero-order chi connectivity index (χ0) is 23.4. The Balaban J connectivity index is 1.35. The summed E-state index contributed by atoms with van der Waals surface area (Å²) in [5.41, 5.74) is 0.646. The Morgan fingerprint density at radius 3 is 2.82 bits per heavy atom. The van der Waals surface area contributed by atoms with Gasteiger partial charge in [0, 0.05) is 31.4 Å². The van der Waals surface area contributed by atoms with Crippen molar-refractivity contribution in [3.8, 4) is 11.5 Å². The molecule has 1 aliphatic heterocycles. The highest BCUT2D eigenvalue weighted by Gasteiger charge is 2.29. The third-order valence-electron chi connectivity index (χ3n) is 5.31. The Kier molecular flexibility index (Phi) is 6.76. The highest BCUT2D eigenvalue weighted by atomic mass is 19.1. The molecule has 0 saturated carbocycles. The second kappa shape index (κ2) is 9.88. The van der Waals surface area contributed by atoms with Gasteiger partial charge in [0.05, 0.1) is 24.9 Å². The Labute approximate surface area is 188 Å². The van der Waals surface area contributed by atoms with Crippen LogP contribution in [0.2, 0.25) is 0 Å². The van der Waals surface area contributed by atoms with Gasteiger partial charge in [0.2, 0.25) is 11.5 Å². The van der Waals surface area contributed by atoms with Crippen LogP contribution in [-0.4, -0.2) is 46.5 Å². The van der Waals surface area contributed by atoms with Crippen LogP contribution >= 0.6 is 0 Å². The topological polar surface area (TPSA) is 96.5 Å². The number of aromatic nitrogens is 2. The maximum absolute atomic E-state index is 13.7. The summed E-state index contributed by atoms with van der Waals surface area (Å²) in [6.45, 7) is 3.31. The number of amides is 1. The Morgan fingerprint density at radius 2 is 2.12 bits per heavy atom. The molecule has 1 unspecified atom stereocenters. The van der Waals surface area contributed by atoms with E-state index in [2.05, 4.69) is 15.3 Å². The summed E-state index contributed by atoms with van der Waals surface area (Å²) < 4.78 is 37.9. The molecule has 10 heteroatoms. The van der Waals surface area contributed by atoms with Gasteiger partial charge >= 0.3 is 0 Å². The summed E-state index contributed by atoms with van der Waals surface area (Å²) in [6, 6.07) is 8.76. The number of benzene rings is 1. The van der Waals surface area contributed by atoms with Gasteiger partial charge in [-0.2, -0.15) is 0 Å². The molecule has 0 spiro atoms. The van der Waals surface area contributed by atoms with Crippen molar-refractivity contribution < 1.29 is 23.0 Å². The number of hydrogen-bond donors (Lipinski definition) is 2. The van der Waals surface area contributed by atoms with Crippen LogP contribution in [-0.2, 0) is 9.53 Å². The number of morpholine rings is 1. The molecule has 2 aromatic heterocycles. The zero-order valence-corrected chi connectivity index (χ0v) is 17.8. The average Bonchev–Trinajstić information content (AvgIpc) is 2.82. The average molecular weight is 456 g/mol. The molecule has 1 aromatic carbocycles. The summed E-state index contributed by atoms with van der Waals surface area (Å²) in [5, 5.41) is 2.75. The standard InChI is InChI=1S/C23H22F2N4O4/c1-14(29-8-9-32-20(13-29)15-2-7-22(30)27-11-15)23(31)28-21-6-4-17(12-26-21)33-19-5-3-16(24)10-18(19)25/h2-7,10-12,14,20H,8-9,13H2,1H3,(H,27,30)(H,26,28,31)/t14-,20?/m0/s1. The van der Waals surface area contributed by atoms with E-state index < -0.39 is 17.7 Å². The molecule has 3 heterocycles. The highest BCUT2D eigenvalue weighted by Crippen LogP contribution is 2.26. The molecular weight excluding hydrogens is 434 g/mol. The van der Waals surface area contributed by atoms with Crippen LogP contribution in [0.15, 0.2) is 59.7 Å². The van der Waals surface area contributed by atoms with Gasteiger partial charge in [-0.25, -0.2) is 13.8 Å². The Bertz CT molecular complexity index is 1170. The van der Waals surface area contributed by atoms with Gasteiger partial charge in [0.1, 0.15) is 17.4 Å². The number of aromatic amines is 1. The second-order valence-electron chi connectivity index (χ2n) is 7.56. The number of carbonyl (C=O) groups excluding carboxylic acids is 1. The Morgan fingerprint density at radius 1 is 1.27 bits per heavy atom. The van der Waals surface area contributed by atoms with E-state index in [1.807, 2.05) is 4.90 Å². The molecule has 1 saturated heterocycles. The number of ether oxygens (including phenoxy) is 2. The normalized spacial score (nSPS) is 17.4. The number of H-pyrrole nitrogens is 1. The van der Waals surface area contributed by atoms with Crippen molar-refractivity contribution in [3.05, 3.63) is 82.4 Å². The van der Waals surface area contributed by atoms with Crippen LogP contribution < -0.4 is 15.6 Å². The predicted molar refractivity (Wildman–Crippen MR) is 116 cm³/mol. The zero-order valence-electron chi connectivity index (χ0n) is 17.8. The van der Waals surface area contributed by atoms with E-state index in [1.165, 1.54) is 30.5 Å². The molecule has 0 bridgehead atoms. The molecule has 2 N–H and O–H groups in total. The fourth-order valence-corrected chi connectivity index (χ4v) is 3.44. The molecule has 2 atom stereocenters. The Hall–Kier alpha value is -3.63. The minimum atomic E-state index is -0.827. The first-order chi connectivity index (χ1) is 15.9. The third kappa shape index (κ3) is 5.60. The number of carbonyl (C=O) groups is 1. The molecule has 1 amide bonds. The van der Waals surface area contributed by atoms with Gasteiger partial charge in [0.15, 0.2) is 11.6 Å². The van der Waals surface area contributed by atoms with E-state index in [1.54, 1.807) is 19.2 Å². The maximum Gasteiger partial charge on any atom is 0.247 e. The SMILES string of the molecule is C[C@@H](C(=O)Nc1ccc(Oc2ccc(F)cc2F)cn1)N1CCOC(c2ccc(=O)[nH]c2)C1.